The van der Waals surface area contributed by atoms with Gasteiger partial charge in [-0.15, -0.1) is 11.3 Å². The number of rotatable bonds is 4. The molecule has 0 radical (unpaired) electrons. The molecule has 0 aliphatic carbocycles. The summed E-state index contributed by atoms with van der Waals surface area (Å²) in [6.45, 7) is 2.37. The molecule has 3 rings (SSSR count). The van der Waals surface area contributed by atoms with Crippen molar-refractivity contribution in [3.63, 3.8) is 0 Å². The van der Waals surface area contributed by atoms with Gasteiger partial charge < -0.3 is 4.90 Å². The van der Waals surface area contributed by atoms with Crippen LogP contribution in [0.3, 0.4) is 0 Å². The number of hydrogen-bond acceptors (Lipinski definition) is 5. The molecule has 23 heavy (non-hydrogen) atoms. The molecule has 6 nitrogen and oxygen atoms in total. The molecule has 0 atom stereocenters. The van der Waals surface area contributed by atoms with E-state index in [1.165, 1.54) is 11.3 Å². The third-order valence-electron chi connectivity index (χ3n) is 3.40. The van der Waals surface area contributed by atoms with E-state index in [1.54, 1.807) is 29.0 Å². The van der Waals surface area contributed by atoms with Gasteiger partial charge >= 0.3 is 0 Å². The number of amides is 1. The van der Waals surface area contributed by atoms with Crippen molar-refractivity contribution in [1.29, 1.82) is 0 Å². The maximum atomic E-state index is 12.7. The van der Waals surface area contributed by atoms with Crippen LogP contribution in [0.1, 0.15) is 20.9 Å². The van der Waals surface area contributed by atoms with E-state index in [4.69, 9.17) is 0 Å². The average Bonchev–Trinajstić information content (AvgIpc) is 3.13. The zero-order valence-corrected chi connectivity index (χ0v) is 14.0. The molecule has 3 aromatic rings. The van der Waals surface area contributed by atoms with Crippen LogP contribution in [0, 0.1) is 6.92 Å². The van der Waals surface area contributed by atoms with Crippen LogP contribution < -0.4 is 0 Å². The Labute approximate surface area is 138 Å². The minimum absolute atomic E-state index is 0.0361. The second-order valence-corrected chi connectivity index (χ2v) is 6.33. The molecule has 0 aromatic carbocycles. The minimum Gasteiger partial charge on any atom is -0.337 e. The number of pyridine rings is 1. The van der Waals surface area contributed by atoms with Crippen molar-refractivity contribution in [3.05, 3.63) is 52.9 Å². The fourth-order valence-electron chi connectivity index (χ4n) is 2.27. The zero-order chi connectivity index (χ0) is 16.4. The molecule has 0 bridgehead atoms. The molecule has 118 valence electrons. The average molecular weight is 327 g/mol. The van der Waals surface area contributed by atoms with Gasteiger partial charge in [0, 0.05) is 38.6 Å². The highest BCUT2D eigenvalue weighted by Crippen LogP contribution is 2.27. The topological polar surface area (TPSA) is 63.9 Å². The summed E-state index contributed by atoms with van der Waals surface area (Å²) in [6.07, 6.45) is 5.40. The van der Waals surface area contributed by atoms with Crippen molar-refractivity contribution in [2.75, 3.05) is 7.05 Å². The summed E-state index contributed by atoms with van der Waals surface area (Å²) in [4.78, 5) is 23.8. The second-order valence-electron chi connectivity index (χ2n) is 5.33. The lowest BCUT2D eigenvalue weighted by molar-refractivity contribution is 0.0789. The van der Waals surface area contributed by atoms with E-state index in [0.29, 0.717) is 11.4 Å². The van der Waals surface area contributed by atoms with Crippen LogP contribution in [-0.2, 0) is 13.6 Å². The molecular formula is C16H17N5OS. The standard InChI is InChI=1S/C16H17N5OS/c1-11-14(23-15(19-11)13-6-4-5-7-17-13)16(22)20(2)9-12-8-18-21(3)10-12/h4-8,10H,9H2,1-3H3. The largest absolute Gasteiger partial charge is 0.337 e. The van der Waals surface area contributed by atoms with Crippen LogP contribution in [0.2, 0.25) is 0 Å². The predicted molar refractivity (Wildman–Crippen MR) is 89.1 cm³/mol. The SMILES string of the molecule is Cc1nc(-c2ccccn2)sc1C(=O)N(C)Cc1cnn(C)c1. The summed E-state index contributed by atoms with van der Waals surface area (Å²) in [6, 6.07) is 5.67. The van der Waals surface area contributed by atoms with Crippen molar-refractivity contribution < 1.29 is 4.79 Å². The fraction of sp³-hybridized carbons (Fsp3) is 0.250. The number of carbonyl (C=O) groups is 1. The van der Waals surface area contributed by atoms with Crippen molar-refractivity contribution in [1.82, 2.24) is 24.6 Å². The Balaban J connectivity index is 1.81. The lowest BCUT2D eigenvalue weighted by Gasteiger charge is -2.15. The summed E-state index contributed by atoms with van der Waals surface area (Å²) in [5, 5.41) is 4.89. The van der Waals surface area contributed by atoms with Gasteiger partial charge in [-0.1, -0.05) is 6.07 Å². The van der Waals surface area contributed by atoms with Crippen LogP contribution in [0.4, 0.5) is 0 Å². The molecule has 0 aliphatic rings. The highest BCUT2D eigenvalue weighted by Gasteiger charge is 2.20. The highest BCUT2D eigenvalue weighted by molar-refractivity contribution is 7.17. The zero-order valence-electron chi connectivity index (χ0n) is 13.2. The van der Waals surface area contributed by atoms with Gasteiger partial charge in [-0.2, -0.15) is 5.10 Å². The van der Waals surface area contributed by atoms with Crippen LogP contribution in [0.15, 0.2) is 36.8 Å². The van der Waals surface area contributed by atoms with Crippen LogP contribution in [0.25, 0.3) is 10.7 Å². The Kier molecular flexibility index (Phi) is 4.20. The number of aryl methyl sites for hydroxylation is 2. The molecule has 3 heterocycles. The number of nitrogens with zero attached hydrogens (tertiary/aromatic N) is 5. The summed E-state index contributed by atoms with van der Waals surface area (Å²) >= 11 is 1.38. The molecule has 0 spiro atoms. The molecule has 0 unspecified atom stereocenters. The molecule has 0 aliphatic heterocycles. The van der Waals surface area contributed by atoms with Gasteiger partial charge in [0.1, 0.15) is 9.88 Å². The van der Waals surface area contributed by atoms with Crippen LogP contribution in [0.5, 0.6) is 0 Å². The van der Waals surface area contributed by atoms with Gasteiger partial charge in [0.25, 0.3) is 5.91 Å². The summed E-state index contributed by atoms with van der Waals surface area (Å²) < 4.78 is 1.73. The van der Waals surface area contributed by atoms with Gasteiger partial charge in [0.2, 0.25) is 0 Å². The molecule has 7 heteroatoms. The molecular weight excluding hydrogens is 310 g/mol. The van der Waals surface area contributed by atoms with Gasteiger partial charge in [-0.05, 0) is 19.1 Å². The minimum atomic E-state index is -0.0361. The number of thiazole rings is 1. The van der Waals surface area contributed by atoms with E-state index in [0.717, 1.165) is 22.0 Å². The molecule has 0 saturated carbocycles. The molecule has 3 aromatic heterocycles. The first-order chi connectivity index (χ1) is 11.0. The van der Waals surface area contributed by atoms with Crippen molar-refractivity contribution in [2.24, 2.45) is 7.05 Å². The van der Waals surface area contributed by atoms with E-state index >= 15 is 0 Å². The first-order valence-corrected chi connectivity index (χ1v) is 7.98. The third-order valence-corrected chi connectivity index (χ3v) is 4.57. The quantitative estimate of drug-likeness (QED) is 0.738. The van der Waals surface area contributed by atoms with Gasteiger partial charge in [-0.3, -0.25) is 14.5 Å². The Morgan fingerprint density at radius 1 is 1.39 bits per heavy atom. The summed E-state index contributed by atoms with van der Waals surface area (Å²) in [7, 11) is 3.65. The van der Waals surface area contributed by atoms with Crippen molar-refractivity contribution in [2.45, 2.75) is 13.5 Å². The summed E-state index contributed by atoms with van der Waals surface area (Å²) in [5.41, 5.74) is 2.52. The van der Waals surface area contributed by atoms with Crippen LogP contribution in [-0.4, -0.2) is 37.6 Å². The summed E-state index contributed by atoms with van der Waals surface area (Å²) in [5.74, 6) is -0.0361. The normalized spacial score (nSPS) is 10.7. The maximum Gasteiger partial charge on any atom is 0.265 e. The Morgan fingerprint density at radius 2 is 2.22 bits per heavy atom. The second kappa shape index (κ2) is 6.29. The Bertz CT molecular complexity index is 824. The lowest BCUT2D eigenvalue weighted by Crippen LogP contribution is -2.25. The van der Waals surface area contributed by atoms with E-state index in [1.807, 2.05) is 38.4 Å². The van der Waals surface area contributed by atoms with Gasteiger partial charge in [0.05, 0.1) is 17.6 Å². The maximum absolute atomic E-state index is 12.7. The van der Waals surface area contributed by atoms with Crippen molar-refractivity contribution in [3.8, 4) is 10.7 Å². The first kappa shape index (κ1) is 15.4. The number of aromatic nitrogens is 4. The molecule has 0 saturated heterocycles. The molecule has 0 N–H and O–H groups in total. The van der Waals surface area contributed by atoms with E-state index in [9.17, 15) is 4.79 Å². The van der Waals surface area contributed by atoms with Gasteiger partial charge in [-0.25, -0.2) is 4.98 Å². The monoisotopic (exact) mass is 327 g/mol. The van der Waals surface area contributed by atoms with E-state index in [2.05, 4.69) is 15.1 Å². The predicted octanol–water partition coefficient (Wildman–Crippen LogP) is 2.52. The lowest BCUT2D eigenvalue weighted by atomic mass is 10.3. The van der Waals surface area contributed by atoms with Gasteiger partial charge in [0.15, 0.2) is 0 Å². The third kappa shape index (κ3) is 3.29. The van der Waals surface area contributed by atoms with E-state index in [-0.39, 0.29) is 5.91 Å². The smallest absolute Gasteiger partial charge is 0.265 e. The highest BCUT2D eigenvalue weighted by atomic mass is 32.1. The first-order valence-electron chi connectivity index (χ1n) is 7.16. The number of hydrogen-bond donors (Lipinski definition) is 0. The Morgan fingerprint density at radius 3 is 2.87 bits per heavy atom. The van der Waals surface area contributed by atoms with Crippen molar-refractivity contribution >= 4 is 17.2 Å². The fourth-order valence-corrected chi connectivity index (χ4v) is 3.30. The van der Waals surface area contributed by atoms with Crippen LogP contribution >= 0.6 is 11.3 Å². The Hall–Kier alpha value is -2.54. The van der Waals surface area contributed by atoms with E-state index < -0.39 is 0 Å². The number of carbonyl (C=O) groups excluding carboxylic acids is 1. The molecule has 0 fully saturated rings. The molecule has 1 amide bonds.